The van der Waals surface area contributed by atoms with Gasteiger partial charge in [-0.25, -0.2) is 9.97 Å². The monoisotopic (exact) mass is 264 g/mol. The molecule has 0 saturated heterocycles. The molecule has 0 saturated carbocycles. The second-order valence-corrected chi connectivity index (χ2v) is 4.78. The molecule has 0 aliphatic rings. The Labute approximate surface area is 110 Å². The molecule has 0 radical (unpaired) electrons. The first-order valence-electron chi connectivity index (χ1n) is 5.78. The molecule has 2 heterocycles. The number of aryl methyl sites for hydroxylation is 1. The molecule has 1 atom stereocenters. The molecule has 1 unspecified atom stereocenters. The minimum atomic E-state index is 0.136. The molecule has 0 amide bonds. The molecule has 0 aromatic carbocycles. The third-order valence-corrected chi connectivity index (χ3v) is 3.39. The largest absolute Gasteiger partial charge is 0.481 e. The molecule has 6 heteroatoms. The molecule has 0 aliphatic carbocycles. The van der Waals surface area contributed by atoms with Crippen LogP contribution in [-0.2, 0) is 0 Å². The number of ether oxygens (including phenoxy) is 1. The van der Waals surface area contributed by atoms with Crippen LogP contribution in [0.15, 0.2) is 17.6 Å². The van der Waals surface area contributed by atoms with Crippen molar-refractivity contribution >= 4 is 17.3 Å². The zero-order valence-electron chi connectivity index (χ0n) is 10.7. The fraction of sp³-hybridized carbons (Fsp3) is 0.417. The third-order valence-electron chi connectivity index (χ3n) is 2.50. The smallest absolute Gasteiger partial charge is 0.226 e. The Morgan fingerprint density at radius 1 is 1.44 bits per heavy atom. The number of nitrogens with zero attached hydrogens (tertiary/aromatic N) is 3. The number of aromatic nitrogens is 3. The van der Waals surface area contributed by atoms with Gasteiger partial charge in [-0.05, 0) is 13.3 Å². The highest BCUT2D eigenvalue weighted by molar-refractivity contribution is 7.09. The van der Waals surface area contributed by atoms with E-state index < -0.39 is 0 Å². The predicted octanol–water partition coefficient (Wildman–Crippen LogP) is 2.81. The molecule has 1 N–H and O–H groups in total. The summed E-state index contributed by atoms with van der Waals surface area (Å²) in [5, 5.41) is 6.31. The fourth-order valence-electron chi connectivity index (χ4n) is 1.61. The third kappa shape index (κ3) is 2.95. The van der Waals surface area contributed by atoms with Crippen LogP contribution in [0.4, 0.5) is 5.95 Å². The van der Waals surface area contributed by atoms with Gasteiger partial charge in [0.15, 0.2) is 0 Å². The first-order chi connectivity index (χ1) is 8.72. The van der Waals surface area contributed by atoms with Crippen molar-refractivity contribution < 1.29 is 4.74 Å². The van der Waals surface area contributed by atoms with E-state index in [2.05, 4.69) is 27.2 Å². The summed E-state index contributed by atoms with van der Waals surface area (Å²) in [6, 6.07) is 1.94. The van der Waals surface area contributed by atoms with Gasteiger partial charge in [-0.15, -0.1) is 11.3 Å². The zero-order chi connectivity index (χ0) is 13.0. The van der Waals surface area contributed by atoms with E-state index >= 15 is 0 Å². The van der Waals surface area contributed by atoms with Crippen LogP contribution >= 0.6 is 11.3 Å². The van der Waals surface area contributed by atoms with Gasteiger partial charge in [-0.1, -0.05) is 6.92 Å². The maximum atomic E-state index is 5.14. The van der Waals surface area contributed by atoms with Gasteiger partial charge in [0.05, 0.1) is 13.2 Å². The lowest BCUT2D eigenvalue weighted by Crippen LogP contribution is -2.12. The van der Waals surface area contributed by atoms with Crippen molar-refractivity contribution in [1.29, 1.82) is 0 Å². The second-order valence-electron chi connectivity index (χ2n) is 3.85. The Kier molecular flexibility index (Phi) is 4.09. The summed E-state index contributed by atoms with van der Waals surface area (Å²) < 4.78 is 5.14. The molecule has 0 spiro atoms. The van der Waals surface area contributed by atoms with E-state index in [1.165, 1.54) is 0 Å². The summed E-state index contributed by atoms with van der Waals surface area (Å²) in [4.78, 5) is 13.0. The van der Waals surface area contributed by atoms with Crippen molar-refractivity contribution in [2.24, 2.45) is 0 Å². The summed E-state index contributed by atoms with van der Waals surface area (Å²) in [7, 11) is 1.60. The quantitative estimate of drug-likeness (QED) is 0.899. The summed E-state index contributed by atoms with van der Waals surface area (Å²) in [5.74, 6) is 1.15. The number of anilines is 1. The Morgan fingerprint density at radius 3 is 2.89 bits per heavy atom. The van der Waals surface area contributed by atoms with E-state index in [1.54, 1.807) is 24.5 Å². The van der Waals surface area contributed by atoms with E-state index in [0.717, 1.165) is 17.1 Å². The van der Waals surface area contributed by atoms with Crippen molar-refractivity contribution in [2.75, 3.05) is 12.4 Å². The van der Waals surface area contributed by atoms with Crippen molar-refractivity contribution in [3.8, 4) is 5.88 Å². The first kappa shape index (κ1) is 12.8. The van der Waals surface area contributed by atoms with Crippen LogP contribution in [0.2, 0.25) is 0 Å². The number of methoxy groups -OCH3 is 1. The van der Waals surface area contributed by atoms with E-state index in [4.69, 9.17) is 4.74 Å². The van der Waals surface area contributed by atoms with Gasteiger partial charge in [0.1, 0.15) is 5.01 Å². The van der Waals surface area contributed by atoms with Gasteiger partial charge < -0.3 is 10.1 Å². The molecular weight excluding hydrogens is 248 g/mol. The van der Waals surface area contributed by atoms with Gasteiger partial charge in [0, 0.05) is 23.3 Å². The van der Waals surface area contributed by atoms with Gasteiger partial charge >= 0.3 is 0 Å². The highest BCUT2D eigenvalue weighted by Gasteiger charge is 2.13. The van der Waals surface area contributed by atoms with Gasteiger partial charge in [0.2, 0.25) is 11.8 Å². The van der Waals surface area contributed by atoms with Crippen LogP contribution in [0.1, 0.15) is 30.1 Å². The number of nitrogens with one attached hydrogen (secondary N) is 1. The summed E-state index contributed by atoms with van der Waals surface area (Å²) >= 11 is 1.63. The predicted molar refractivity (Wildman–Crippen MR) is 72.1 cm³/mol. The number of thiazole rings is 1. The summed E-state index contributed by atoms with van der Waals surface area (Å²) in [6.45, 7) is 4.02. The first-order valence-corrected chi connectivity index (χ1v) is 6.66. The SMILES string of the molecule is CCC(Nc1nc(C)cc(OC)n1)c1nccs1. The fourth-order valence-corrected chi connectivity index (χ4v) is 2.38. The normalized spacial score (nSPS) is 12.2. The topological polar surface area (TPSA) is 59.9 Å². The Hall–Kier alpha value is -1.69. The highest BCUT2D eigenvalue weighted by atomic mass is 32.1. The van der Waals surface area contributed by atoms with Gasteiger partial charge in [-0.2, -0.15) is 4.98 Å². The van der Waals surface area contributed by atoms with Crippen LogP contribution in [0.25, 0.3) is 0 Å². The lowest BCUT2D eigenvalue weighted by molar-refractivity contribution is 0.396. The van der Waals surface area contributed by atoms with Crippen molar-refractivity contribution in [2.45, 2.75) is 26.3 Å². The molecule has 5 nitrogen and oxygen atoms in total. The van der Waals surface area contributed by atoms with E-state index in [1.807, 2.05) is 18.5 Å². The molecule has 0 bridgehead atoms. The maximum absolute atomic E-state index is 5.14. The van der Waals surface area contributed by atoms with Crippen LogP contribution in [0.5, 0.6) is 5.88 Å². The van der Waals surface area contributed by atoms with Crippen LogP contribution in [0.3, 0.4) is 0 Å². The highest BCUT2D eigenvalue weighted by Crippen LogP contribution is 2.23. The molecule has 0 fully saturated rings. The molecule has 2 rings (SSSR count). The van der Waals surface area contributed by atoms with Gasteiger partial charge in [0.25, 0.3) is 0 Å². The molecule has 96 valence electrons. The van der Waals surface area contributed by atoms with E-state index in [0.29, 0.717) is 11.8 Å². The number of rotatable bonds is 5. The molecular formula is C12H16N4OS. The molecule has 18 heavy (non-hydrogen) atoms. The van der Waals surface area contributed by atoms with Crippen molar-refractivity contribution in [1.82, 2.24) is 15.0 Å². The summed E-state index contributed by atoms with van der Waals surface area (Å²) in [6.07, 6.45) is 2.73. The lowest BCUT2D eigenvalue weighted by Gasteiger charge is -2.15. The second kappa shape index (κ2) is 5.77. The summed E-state index contributed by atoms with van der Waals surface area (Å²) in [5.41, 5.74) is 0.873. The van der Waals surface area contributed by atoms with Crippen LogP contribution in [0, 0.1) is 6.92 Å². The zero-order valence-corrected chi connectivity index (χ0v) is 11.5. The van der Waals surface area contributed by atoms with Gasteiger partial charge in [-0.3, -0.25) is 0 Å². The average molecular weight is 264 g/mol. The molecule has 0 aliphatic heterocycles. The Balaban J connectivity index is 2.19. The van der Waals surface area contributed by atoms with Crippen LogP contribution < -0.4 is 10.1 Å². The Morgan fingerprint density at radius 2 is 2.28 bits per heavy atom. The minimum absolute atomic E-state index is 0.136. The van der Waals surface area contributed by atoms with E-state index in [-0.39, 0.29) is 6.04 Å². The Bertz CT molecular complexity index is 501. The standard InChI is InChI=1S/C12H16N4OS/c1-4-9(11-13-5-6-18-11)15-12-14-8(2)7-10(16-12)17-3/h5-7,9H,4H2,1-3H3,(H,14,15,16). The molecule has 2 aromatic heterocycles. The number of hydrogen-bond acceptors (Lipinski definition) is 6. The number of hydrogen-bond donors (Lipinski definition) is 1. The average Bonchev–Trinajstić information content (AvgIpc) is 2.89. The van der Waals surface area contributed by atoms with E-state index in [9.17, 15) is 0 Å². The lowest BCUT2D eigenvalue weighted by atomic mass is 10.2. The van der Waals surface area contributed by atoms with Crippen LogP contribution in [-0.4, -0.2) is 22.1 Å². The van der Waals surface area contributed by atoms with Crippen molar-refractivity contribution in [3.63, 3.8) is 0 Å². The molecule has 2 aromatic rings. The van der Waals surface area contributed by atoms with Crippen molar-refractivity contribution in [3.05, 3.63) is 28.3 Å². The minimum Gasteiger partial charge on any atom is -0.481 e. The maximum Gasteiger partial charge on any atom is 0.226 e.